The number of halogens is 1. The quantitative estimate of drug-likeness (QED) is 0.645. The van der Waals surface area contributed by atoms with Crippen LogP contribution in [0.4, 0.5) is 0 Å². The van der Waals surface area contributed by atoms with E-state index in [0.717, 1.165) is 18.4 Å². The van der Waals surface area contributed by atoms with Gasteiger partial charge < -0.3 is 16.4 Å². The van der Waals surface area contributed by atoms with Gasteiger partial charge in [-0.05, 0) is 36.5 Å². The highest BCUT2D eigenvalue weighted by Crippen LogP contribution is 2.26. The van der Waals surface area contributed by atoms with Crippen molar-refractivity contribution in [2.45, 2.75) is 44.2 Å². The Morgan fingerprint density at radius 2 is 1.48 bits per heavy atom. The molecule has 0 aromatic heterocycles. The van der Waals surface area contributed by atoms with Gasteiger partial charge in [0, 0.05) is 18.2 Å². The minimum absolute atomic E-state index is 0. The van der Waals surface area contributed by atoms with E-state index in [4.69, 9.17) is 5.73 Å². The fourth-order valence-electron chi connectivity index (χ4n) is 3.92. The molecule has 4 N–H and O–H groups in total. The fraction of sp³-hybridized carbons (Fsp3) is 0.391. The van der Waals surface area contributed by atoms with Crippen LogP contribution in [0.25, 0.3) is 0 Å². The molecule has 2 atom stereocenters. The molecule has 1 aliphatic rings. The summed E-state index contributed by atoms with van der Waals surface area (Å²) in [6.45, 7) is 0.407. The normalized spacial score (nSPS) is 16.2. The van der Waals surface area contributed by atoms with Crippen molar-refractivity contribution in [3.63, 3.8) is 0 Å². The van der Waals surface area contributed by atoms with Crippen molar-refractivity contribution in [2.24, 2.45) is 11.7 Å². The van der Waals surface area contributed by atoms with Gasteiger partial charge in [-0.2, -0.15) is 0 Å². The molecule has 2 aromatic carbocycles. The molecule has 6 heteroatoms. The zero-order valence-electron chi connectivity index (χ0n) is 16.6. The number of nitrogens with one attached hydrogen (secondary N) is 2. The molecule has 0 heterocycles. The number of nitrogens with two attached hydrogens (primary N) is 1. The topological polar surface area (TPSA) is 84.2 Å². The highest BCUT2D eigenvalue weighted by Gasteiger charge is 2.29. The summed E-state index contributed by atoms with van der Waals surface area (Å²) in [6.07, 6.45) is 5.80. The third kappa shape index (κ3) is 6.31. The van der Waals surface area contributed by atoms with E-state index in [1.807, 2.05) is 36.4 Å². The molecule has 156 valence electrons. The highest BCUT2D eigenvalue weighted by molar-refractivity contribution is 5.97. The van der Waals surface area contributed by atoms with Gasteiger partial charge in [0.2, 0.25) is 5.91 Å². The van der Waals surface area contributed by atoms with Crippen LogP contribution in [-0.2, 0) is 4.79 Å². The molecule has 0 spiro atoms. The Labute approximate surface area is 178 Å². The van der Waals surface area contributed by atoms with Crippen molar-refractivity contribution in [1.82, 2.24) is 10.6 Å². The van der Waals surface area contributed by atoms with Gasteiger partial charge in [-0.15, -0.1) is 12.4 Å². The first-order valence-corrected chi connectivity index (χ1v) is 10.1. The molecule has 0 saturated heterocycles. The Morgan fingerprint density at radius 1 is 0.897 bits per heavy atom. The molecule has 0 radical (unpaired) electrons. The Morgan fingerprint density at radius 3 is 2.07 bits per heavy atom. The van der Waals surface area contributed by atoms with Crippen molar-refractivity contribution in [2.75, 3.05) is 6.54 Å². The van der Waals surface area contributed by atoms with Gasteiger partial charge >= 0.3 is 0 Å². The maximum absolute atomic E-state index is 13.1. The number of amides is 2. The fourth-order valence-corrected chi connectivity index (χ4v) is 3.92. The largest absolute Gasteiger partial charge is 0.350 e. The van der Waals surface area contributed by atoms with Gasteiger partial charge in [0.05, 0.1) is 0 Å². The first-order valence-electron chi connectivity index (χ1n) is 10.1. The van der Waals surface area contributed by atoms with Gasteiger partial charge in [0.15, 0.2) is 0 Å². The van der Waals surface area contributed by atoms with Gasteiger partial charge in [-0.1, -0.05) is 67.8 Å². The van der Waals surface area contributed by atoms with Crippen molar-refractivity contribution in [1.29, 1.82) is 0 Å². The van der Waals surface area contributed by atoms with Crippen LogP contribution in [0.2, 0.25) is 0 Å². The van der Waals surface area contributed by atoms with Crippen LogP contribution in [0, 0.1) is 5.92 Å². The van der Waals surface area contributed by atoms with E-state index in [-0.39, 0.29) is 30.3 Å². The Kier molecular flexibility index (Phi) is 9.16. The van der Waals surface area contributed by atoms with Gasteiger partial charge in [-0.25, -0.2) is 0 Å². The highest BCUT2D eigenvalue weighted by atomic mass is 35.5. The van der Waals surface area contributed by atoms with Crippen LogP contribution in [-0.4, -0.2) is 24.4 Å². The Hall–Kier alpha value is -2.37. The van der Waals surface area contributed by atoms with Crippen molar-refractivity contribution >= 4 is 24.2 Å². The van der Waals surface area contributed by atoms with Gasteiger partial charge in [0.1, 0.15) is 6.04 Å². The Bertz CT molecular complexity index is 764. The van der Waals surface area contributed by atoms with Crippen LogP contribution < -0.4 is 16.4 Å². The summed E-state index contributed by atoms with van der Waals surface area (Å²) in [4.78, 5) is 25.8. The number of rotatable bonds is 7. The zero-order valence-corrected chi connectivity index (χ0v) is 17.4. The van der Waals surface area contributed by atoms with E-state index in [2.05, 4.69) is 10.6 Å². The van der Waals surface area contributed by atoms with Crippen LogP contribution in [0.1, 0.15) is 54.1 Å². The Balaban J connectivity index is 0.00000300. The molecule has 1 saturated carbocycles. The van der Waals surface area contributed by atoms with Crippen LogP contribution in [0.3, 0.4) is 0 Å². The third-order valence-electron chi connectivity index (χ3n) is 5.51. The molecule has 29 heavy (non-hydrogen) atoms. The lowest BCUT2D eigenvalue weighted by Crippen LogP contribution is -2.50. The number of hydrogen-bond acceptors (Lipinski definition) is 3. The van der Waals surface area contributed by atoms with Crippen molar-refractivity contribution in [3.05, 3.63) is 71.8 Å². The summed E-state index contributed by atoms with van der Waals surface area (Å²) in [5.41, 5.74) is 7.26. The molecule has 3 rings (SSSR count). The zero-order chi connectivity index (χ0) is 19.8. The average molecular weight is 416 g/mol. The number of carbonyl (C=O) groups excluding carboxylic acids is 2. The number of hydrogen-bond donors (Lipinski definition) is 3. The van der Waals surface area contributed by atoms with Gasteiger partial charge in [-0.3, -0.25) is 9.59 Å². The van der Waals surface area contributed by atoms with Crippen LogP contribution in [0.15, 0.2) is 60.7 Å². The summed E-state index contributed by atoms with van der Waals surface area (Å²) in [5.74, 6) is -0.0768. The predicted octanol–water partition coefficient (Wildman–Crippen LogP) is 3.60. The first-order chi connectivity index (χ1) is 13.7. The second-order valence-corrected chi connectivity index (χ2v) is 7.43. The summed E-state index contributed by atoms with van der Waals surface area (Å²) in [6, 6.07) is 17.5. The van der Waals surface area contributed by atoms with Crippen molar-refractivity contribution < 1.29 is 9.59 Å². The molecule has 1 fully saturated rings. The van der Waals surface area contributed by atoms with E-state index in [9.17, 15) is 9.59 Å². The minimum Gasteiger partial charge on any atom is -0.350 e. The lowest BCUT2D eigenvalue weighted by Gasteiger charge is -2.31. The molecule has 2 amide bonds. The van der Waals surface area contributed by atoms with E-state index < -0.39 is 6.04 Å². The van der Waals surface area contributed by atoms with Crippen LogP contribution in [0.5, 0.6) is 0 Å². The van der Waals surface area contributed by atoms with Crippen LogP contribution >= 0.6 is 12.4 Å². The smallest absolute Gasteiger partial charge is 0.252 e. The van der Waals surface area contributed by atoms with E-state index in [0.29, 0.717) is 18.0 Å². The molecule has 2 unspecified atom stereocenters. The van der Waals surface area contributed by atoms with E-state index >= 15 is 0 Å². The number of benzene rings is 2. The predicted molar refractivity (Wildman–Crippen MR) is 118 cm³/mol. The molecule has 0 bridgehead atoms. The number of carbonyl (C=O) groups is 2. The average Bonchev–Trinajstić information content (AvgIpc) is 2.77. The van der Waals surface area contributed by atoms with E-state index in [1.165, 1.54) is 19.3 Å². The lowest BCUT2D eigenvalue weighted by atomic mass is 9.83. The maximum atomic E-state index is 13.1. The molecule has 1 aliphatic carbocycles. The molecular formula is C23H30ClN3O2. The lowest BCUT2D eigenvalue weighted by molar-refractivity contribution is -0.124. The standard InChI is InChI=1S/C23H29N3O2.ClH/c24-16-20(17-10-4-1-5-11-17)25-23(28)21(18-12-6-2-7-13-18)26-22(27)19-14-8-3-9-15-19;/h2-3,6-9,12-15,17,20-21H,1,4-5,10-11,16,24H2,(H,25,28)(H,26,27);1H. The molecule has 2 aromatic rings. The molecular weight excluding hydrogens is 386 g/mol. The third-order valence-corrected chi connectivity index (χ3v) is 5.51. The molecule has 0 aliphatic heterocycles. The summed E-state index contributed by atoms with van der Waals surface area (Å²) < 4.78 is 0. The maximum Gasteiger partial charge on any atom is 0.252 e. The minimum atomic E-state index is -0.758. The first kappa shape index (κ1) is 22.9. The monoisotopic (exact) mass is 415 g/mol. The van der Waals surface area contributed by atoms with Gasteiger partial charge in [0.25, 0.3) is 5.91 Å². The SMILES string of the molecule is Cl.NCC(NC(=O)C(NC(=O)c1ccccc1)c1ccccc1)C1CCCCC1. The van der Waals surface area contributed by atoms with E-state index in [1.54, 1.807) is 24.3 Å². The summed E-state index contributed by atoms with van der Waals surface area (Å²) >= 11 is 0. The summed E-state index contributed by atoms with van der Waals surface area (Å²) in [7, 11) is 0. The van der Waals surface area contributed by atoms with Crippen molar-refractivity contribution in [3.8, 4) is 0 Å². The second-order valence-electron chi connectivity index (χ2n) is 7.43. The summed E-state index contributed by atoms with van der Waals surface area (Å²) in [5, 5.41) is 6.00. The second kappa shape index (κ2) is 11.6. The molecule has 5 nitrogen and oxygen atoms in total.